The number of nitrogens with one attached hydrogen (secondary N) is 1. The minimum Gasteiger partial charge on any atom is -0.361 e. The van der Waals surface area contributed by atoms with Gasteiger partial charge in [0.15, 0.2) is 0 Å². The van der Waals surface area contributed by atoms with Gasteiger partial charge in [-0.1, -0.05) is 17.6 Å². The first-order chi connectivity index (χ1) is 11.2. The molecule has 0 aliphatic carbocycles. The number of carbonyl (C=O) groups is 1. The lowest BCUT2D eigenvalue weighted by Gasteiger charge is -2.34. The summed E-state index contributed by atoms with van der Waals surface area (Å²) in [6, 6.07) is 6.34. The second-order valence-corrected chi connectivity index (χ2v) is 7.05. The van der Waals surface area contributed by atoms with Gasteiger partial charge in [-0.05, 0) is 37.8 Å². The van der Waals surface area contributed by atoms with Crippen molar-refractivity contribution in [2.75, 3.05) is 13.1 Å². The zero-order valence-corrected chi connectivity index (χ0v) is 14.3. The minimum atomic E-state index is 0.110. The number of aromatic nitrogens is 1. The molecule has 1 amide bonds. The Hall–Kier alpha value is -1.66. The molecule has 1 aliphatic heterocycles. The lowest BCUT2D eigenvalue weighted by Crippen LogP contribution is -2.36. The van der Waals surface area contributed by atoms with Gasteiger partial charge >= 0.3 is 0 Å². The molecule has 124 valence electrons. The molecule has 1 fully saturated rings. The maximum atomic E-state index is 12.1. The van der Waals surface area contributed by atoms with Crippen LogP contribution in [-0.4, -0.2) is 29.1 Å². The van der Waals surface area contributed by atoms with Gasteiger partial charge in [-0.2, -0.15) is 0 Å². The largest absolute Gasteiger partial charge is 0.361 e. The second kappa shape index (κ2) is 7.75. The highest BCUT2D eigenvalue weighted by Crippen LogP contribution is 2.30. The van der Waals surface area contributed by atoms with E-state index in [-0.39, 0.29) is 11.9 Å². The fraction of sp³-hybridized carbons (Fsp3) is 0.529. The molecule has 0 spiro atoms. The molecular weight excluding hydrogens is 310 g/mol. The molecular formula is C17H23N3O2S. The first kappa shape index (κ1) is 16.2. The lowest BCUT2D eigenvalue weighted by molar-refractivity contribution is -0.121. The summed E-state index contributed by atoms with van der Waals surface area (Å²) in [6.07, 6.45) is 4.00. The van der Waals surface area contributed by atoms with Gasteiger partial charge in [0, 0.05) is 23.9 Å². The van der Waals surface area contributed by atoms with Crippen molar-refractivity contribution >= 4 is 17.2 Å². The summed E-state index contributed by atoms with van der Waals surface area (Å²) in [5.41, 5.74) is 1.00. The van der Waals surface area contributed by atoms with Gasteiger partial charge in [0.25, 0.3) is 0 Å². The molecule has 0 saturated carbocycles. The van der Waals surface area contributed by atoms with E-state index >= 15 is 0 Å². The van der Waals surface area contributed by atoms with Crippen molar-refractivity contribution in [3.05, 3.63) is 39.9 Å². The van der Waals surface area contributed by atoms with Crippen LogP contribution in [0.3, 0.4) is 0 Å². The van der Waals surface area contributed by atoms with Gasteiger partial charge in [0.2, 0.25) is 5.91 Å². The first-order valence-electron chi connectivity index (χ1n) is 8.19. The zero-order chi connectivity index (χ0) is 16.1. The van der Waals surface area contributed by atoms with E-state index in [1.165, 1.54) is 17.7 Å². The number of carbonyl (C=O) groups excluding carboxylic acids is 1. The van der Waals surface area contributed by atoms with Crippen LogP contribution in [0.25, 0.3) is 0 Å². The van der Waals surface area contributed by atoms with Crippen LogP contribution in [0.4, 0.5) is 0 Å². The third-order valence-electron chi connectivity index (χ3n) is 4.27. The smallest absolute Gasteiger partial charge is 0.221 e. The predicted molar refractivity (Wildman–Crippen MR) is 90.2 cm³/mol. The van der Waals surface area contributed by atoms with E-state index in [9.17, 15) is 4.79 Å². The number of thiophene rings is 1. The minimum absolute atomic E-state index is 0.110. The number of rotatable bonds is 6. The summed E-state index contributed by atoms with van der Waals surface area (Å²) in [7, 11) is 0. The summed E-state index contributed by atoms with van der Waals surface area (Å²) >= 11 is 1.67. The Labute approximate surface area is 140 Å². The maximum absolute atomic E-state index is 12.1. The Kier molecular flexibility index (Phi) is 5.46. The number of hydrogen-bond donors (Lipinski definition) is 1. The predicted octanol–water partition coefficient (Wildman–Crippen LogP) is 3.28. The van der Waals surface area contributed by atoms with Crippen molar-refractivity contribution in [3.8, 4) is 0 Å². The maximum Gasteiger partial charge on any atom is 0.221 e. The van der Waals surface area contributed by atoms with Crippen LogP contribution in [0.2, 0.25) is 0 Å². The van der Waals surface area contributed by atoms with Crippen molar-refractivity contribution in [3.63, 3.8) is 0 Å². The van der Waals surface area contributed by atoms with Crippen molar-refractivity contribution in [1.82, 2.24) is 15.4 Å². The monoisotopic (exact) mass is 333 g/mol. The molecule has 1 unspecified atom stereocenters. The normalized spacial score (nSPS) is 18.9. The molecule has 6 heteroatoms. The van der Waals surface area contributed by atoms with Crippen LogP contribution in [0, 0.1) is 6.92 Å². The molecule has 1 aliphatic rings. The van der Waals surface area contributed by atoms with Gasteiger partial charge < -0.3 is 9.84 Å². The van der Waals surface area contributed by atoms with Crippen molar-refractivity contribution < 1.29 is 9.32 Å². The van der Waals surface area contributed by atoms with Gasteiger partial charge in [0.05, 0.1) is 12.6 Å². The SMILES string of the molecule is Cc1cc(C2CCCCN2CCC(=O)NCc2cccs2)no1. The third kappa shape index (κ3) is 4.42. The number of aryl methyl sites for hydroxylation is 1. The molecule has 23 heavy (non-hydrogen) atoms. The Morgan fingerprint density at radius 2 is 2.43 bits per heavy atom. The van der Waals surface area contributed by atoms with E-state index in [4.69, 9.17) is 4.52 Å². The summed E-state index contributed by atoms with van der Waals surface area (Å²) < 4.78 is 5.22. The highest BCUT2D eigenvalue weighted by Gasteiger charge is 2.26. The molecule has 2 aromatic heterocycles. The summed E-state index contributed by atoms with van der Waals surface area (Å²) in [5, 5.41) is 9.19. The van der Waals surface area contributed by atoms with E-state index in [2.05, 4.69) is 15.4 Å². The van der Waals surface area contributed by atoms with Crippen molar-refractivity contribution in [1.29, 1.82) is 0 Å². The van der Waals surface area contributed by atoms with Crippen LogP contribution in [0.5, 0.6) is 0 Å². The van der Waals surface area contributed by atoms with E-state index < -0.39 is 0 Å². The molecule has 0 radical (unpaired) electrons. The van der Waals surface area contributed by atoms with Gasteiger partial charge in [-0.3, -0.25) is 9.69 Å². The standard InChI is InChI=1S/C17H23N3O2S/c1-13-11-15(19-22-13)16-6-2-3-8-20(16)9-7-17(21)18-12-14-5-4-10-23-14/h4-5,10-11,16H,2-3,6-9,12H2,1H3,(H,18,21). The topological polar surface area (TPSA) is 58.4 Å². The molecule has 0 bridgehead atoms. The first-order valence-corrected chi connectivity index (χ1v) is 9.06. The average Bonchev–Trinajstić information content (AvgIpc) is 3.22. The van der Waals surface area contributed by atoms with Gasteiger partial charge in [-0.15, -0.1) is 11.3 Å². The van der Waals surface area contributed by atoms with Crippen LogP contribution in [-0.2, 0) is 11.3 Å². The average molecular weight is 333 g/mol. The van der Waals surface area contributed by atoms with E-state index in [0.717, 1.165) is 31.0 Å². The number of piperidine rings is 1. The molecule has 1 atom stereocenters. The Morgan fingerprint density at radius 3 is 3.17 bits per heavy atom. The van der Waals surface area contributed by atoms with Gasteiger partial charge in [0.1, 0.15) is 11.5 Å². The Balaban J connectivity index is 1.50. The fourth-order valence-electron chi connectivity index (χ4n) is 3.07. The molecule has 3 heterocycles. The summed E-state index contributed by atoms with van der Waals surface area (Å²) in [5.74, 6) is 0.957. The Morgan fingerprint density at radius 1 is 1.52 bits per heavy atom. The quantitative estimate of drug-likeness (QED) is 0.881. The molecule has 5 nitrogen and oxygen atoms in total. The van der Waals surface area contributed by atoms with Crippen LogP contribution in [0.15, 0.2) is 28.1 Å². The molecule has 1 N–H and O–H groups in total. The highest BCUT2D eigenvalue weighted by atomic mass is 32.1. The zero-order valence-electron chi connectivity index (χ0n) is 13.5. The van der Waals surface area contributed by atoms with E-state index in [0.29, 0.717) is 13.0 Å². The molecule has 3 rings (SSSR count). The molecule has 2 aromatic rings. The van der Waals surface area contributed by atoms with E-state index in [1.807, 2.05) is 30.5 Å². The second-order valence-electron chi connectivity index (χ2n) is 6.02. The van der Waals surface area contributed by atoms with E-state index in [1.54, 1.807) is 11.3 Å². The summed E-state index contributed by atoms with van der Waals surface area (Å²) in [6.45, 7) is 4.34. The number of likely N-dealkylation sites (tertiary alicyclic amines) is 1. The lowest BCUT2D eigenvalue weighted by atomic mass is 9.99. The molecule has 1 saturated heterocycles. The fourth-order valence-corrected chi connectivity index (χ4v) is 3.71. The third-order valence-corrected chi connectivity index (χ3v) is 5.14. The number of hydrogen-bond acceptors (Lipinski definition) is 5. The van der Waals surface area contributed by atoms with Crippen LogP contribution < -0.4 is 5.32 Å². The number of nitrogens with zero attached hydrogens (tertiary/aromatic N) is 2. The van der Waals surface area contributed by atoms with Gasteiger partial charge in [-0.25, -0.2) is 0 Å². The Bertz CT molecular complexity index is 624. The van der Waals surface area contributed by atoms with Crippen molar-refractivity contribution in [2.45, 2.75) is 45.2 Å². The number of amides is 1. The van der Waals surface area contributed by atoms with Crippen LogP contribution >= 0.6 is 11.3 Å². The van der Waals surface area contributed by atoms with Crippen molar-refractivity contribution in [2.24, 2.45) is 0 Å². The highest BCUT2D eigenvalue weighted by molar-refractivity contribution is 7.09. The molecule has 0 aromatic carbocycles. The summed E-state index contributed by atoms with van der Waals surface area (Å²) in [4.78, 5) is 15.6. The van der Waals surface area contributed by atoms with Crippen LogP contribution in [0.1, 0.15) is 48.1 Å².